The standard InChI is InChI=1S/C18H31NO2/c1-14(2)12-19-13-16-9-7-8-15(3)17(16)20-10-11-21-18(4,5)6/h7-9,14,19H,10-13H2,1-6H3. The quantitative estimate of drug-likeness (QED) is 0.737. The van der Waals surface area contributed by atoms with E-state index in [0.29, 0.717) is 19.1 Å². The fraction of sp³-hybridized carbons (Fsp3) is 0.667. The lowest BCUT2D eigenvalue weighted by Crippen LogP contribution is -2.23. The normalized spacial score (nSPS) is 12.0. The van der Waals surface area contributed by atoms with E-state index < -0.39 is 0 Å². The van der Waals surface area contributed by atoms with Crippen LogP contribution in [0.5, 0.6) is 5.75 Å². The molecular formula is C18H31NO2. The topological polar surface area (TPSA) is 30.5 Å². The maximum Gasteiger partial charge on any atom is 0.126 e. The molecule has 0 unspecified atom stereocenters. The van der Waals surface area contributed by atoms with Crippen molar-refractivity contribution < 1.29 is 9.47 Å². The molecule has 21 heavy (non-hydrogen) atoms. The van der Waals surface area contributed by atoms with Crippen molar-refractivity contribution in [2.24, 2.45) is 5.92 Å². The minimum atomic E-state index is -0.114. The zero-order chi connectivity index (χ0) is 15.9. The predicted molar refractivity (Wildman–Crippen MR) is 88.9 cm³/mol. The van der Waals surface area contributed by atoms with Gasteiger partial charge in [-0.25, -0.2) is 0 Å². The average molecular weight is 293 g/mol. The van der Waals surface area contributed by atoms with Gasteiger partial charge in [-0.1, -0.05) is 32.0 Å². The summed E-state index contributed by atoms with van der Waals surface area (Å²) in [6.45, 7) is 15.7. The Kier molecular flexibility index (Phi) is 7.20. The minimum Gasteiger partial charge on any atom is -0.491 e. The van der Waals surface area contributed by atoms with Crippen molar-refractivity contribution in [1.82, 2.24) is 5.32 Å². The number of hydrogen-bond acceptors (Lipinski definition) is 3. The van der Waals surface area contributed by atoms with E-state index in [0.717, 1.165) is 18.8 Å². The van der Waals surface area contributed by atoms with Crippen LogP contribution in [0, 0.1) is 12.8 Å². The molecule has 0 aromatic heterocycles. The van der Waals surface area contributed by atoms with Crippen LogP contribution in [0.25, 0.3) is 0 Å². The van der Waals surface area contributed by atoms with Gasteiger partial charge in [0, 0.05) is 12.1 Å². The second kappa shape index (κ2) is 8.40. The molecule has 0 heterocycles. The first kappa shape index (κ1) is 18.0. The third-order valence-corrected chi connectivity index (χ3v) is 3.03. The van der Waals surface area contributed by atoms with Crippen LogP contribution in [0.4, 0.5) is 0 Å². The summed E-state index contributed by atoms with van der Waals surface area (Å²) in [4.78, 5) is 0. The Balaban J connectivity index is 2.55. The van der Waals surface area contributed by atoms with Crippen molar-refractivity contribution in [1.29, 1.82) is 0 Å². The number of benzene rings is 1. The predicted octanol–water partition coefficient (Wildman–Crippen LogP) is 3.93. The van der Waals surface area contributed by atoms with Gasteiger partial charge in [0.1, 0.15) is 12.4 Å². The Morgan fingerprint density at radius 3 is 2.48 bits per heavy atom. The molecule has 0 saturated heterocycles. The molecule has 1 aromatic rings. The van der Waals surface area contributed by atoms with E-state index in [9.17, 15) is 0 Å². The Bertz CT molecular complexity index is 422. The van der Waals surface area contributed by atoms with Gasteiger partial charge in [0.05, 0.1) is 12.2 Å². The molecule has 0 aliphatic carbocycles. The van der Waals surface area contributed by atoms with Gasteiger partial charge in [-0.15, -0.1) is 0 Å². The summed E-state index contributed by atoms with van der Waals surface area (Å²) >= 11 is 0. The monoisotopic (exact) mass is 293 g/mol. The first-order chi connectivity index (χ1) is 9.79. The first-order valence-electron chi connectivity index (χ1n) is 7.85. The summed E-state index contributed by atoms with van der Waals surface area (Å²) in [5.41, 5.74) is 2.28. The van der Waals surface area contributed by atoms with Crippen LogP contribution in [0.3, 0.4) is 0 Å². The van der Waals surface area contributed by atoms with Gasteiger partial charge < -0.3 is 14.8 Å². The Labute approximate surface area is 130 Å². The summed E-state index contributed by atoms with van der Waals surface area (Å²) < 4.78 is 11.7. The van der Waals surface area contributed by atoms with E-state index in [2.05, 4.69) is 65.1 Å². The largest absolute Gasteiger partial charge is 0.491 e. The molecule has 0 bridgehead atoms. The van der Waals surface area contributed by atoms with E-state index >= 15 is 0 Å². The highest BCUT2D eigenvalue weighted by Gasteiger charge is 2.11. The minimum absolute atomic E-state index is 0.114. The van der Waals surface area contributed by atoms with Crippen LogP contribution in [-0.4, -0.2) is 25.4 Å². The van der Waals surface area contributed by atoms with E-state index in [1.165, 1.54) is 11.1 Å². The third kappa shape index (κ3) is 7.49. The maximum absolute atomic E-state index is 5.96. The summed E-state index contributed by atoms with van der Waals surface area (Å²) in [5.74, 6) is 1.64. The molecule has 0 radical (unpaired) electrons. The number of para-hydroxylation sites is 1. The van der Waals surface area contributed by atoms with Gasteiger partial charge >= 0.3 is 0 Å². The molecule has 1 rings (SSSR count). The Morgan fingerprint density at radius 1 is 1.14 bits per heavy atom. The highest BCUT2D eigenvalue weighted by atomic mass is 16.5. The fourth-order valence-corrected chi connectivity index (χ4v) is 2.05. The lowest BCUT2D eigenvalue weighted by Gasteiger charge is -2.20. The molecule has 1 aromatic carbocycles. The van der Waals surface area contributed by atoms with Gasteiger partial charge in [0.25, 0.3) is 0 Å². The molecule has 0 spiro atoms. The van der Waals surface area contributed by atoms with Crippen molar-refractivity contribution in [3.05, 3.63) is 29.3 Å². The molecule has 0 atom stereocenters. The molecule has 0 aliphatic heterocycles. The molecular weight excluding hydrogens is 262 g/mol. The lowest BCUT2D eigenvalue weighted by atomic mass is 10.1. The molecule has 0 aliphatic rings. The number of rotatable bonds is 8. The Morgan fingerprint density at radius 2 is 1.86 bits per heavy atom. The van der Waals surface area contributed by atoms with Crippen molar-refractivity contribution in [2.75, 3.05) is 19.8 Å². The van der Waals surface area contributed by atoms with Crippen LogP contribution in [0.15, 0.2) is 18.2 Å². The van der Waals surface area contributed by atoms with Gasteiger partial charge in [0.15, 0.2) is 0 Å². The highest BCUT2D eigenvalue weighted by Crippen LogP contribution is 2.23. The van der Waals surface area contributed by atoms with Crippen LogP contribution in [-0.2, 0) is 11.3 Å². The van der Waals surface area contributed by atoms with E-state index in [-0.39, 0.29) is 5.60 Å². The number of nitrogens with one attached hydrogen (secondary N) is 1. The summed E-state index contributed by atoms with van der Waals surface area (Å²) in [6.07, 6.45) is 0. The second-order valence-corrected chi connectivity index (χ2v) is 6.90. The first-order valence-corrected chi connectivity index (χ1v) is 7.85. The van der Waals surface area contributed by atoms with Crippen LogP contribution >= 0.6 is 0 Å². The summed E-state index contributed by atoms with van der Waals surface area (Å²) in [5, 5.41) is 3.47. The molecule has 120 valence electrons. The smallest absolute Gasteiger partial charge is 0.126 e. The molecule has 0 saturated carbocycles. The molecule has 0 fully saturated rings. The van der Waals surface area contributed by atoms with Crippen molar-refractivity contribution in [3.8, 4) is 5.75 Å². The van der Waals surface area contributed by atoms with Gasteiger partial charge in [-0.3, -0.25) is 0 Å². The second-order valence-electron chi connectivity index (χ2n) is 6.90. The zero-order valence-electron chi connectivity index (χ0n) is 14.5. The fourth-order valence-electron chi connectivity index (χ4n) is 2.05. The Hall–Kier alpha value is -1.06. The summed E-state index contributed by atoms with van der Waals surface area (Å²) in [7, 11) is 0. The van der Waals surface area contributed by atoms with Gasteiger partial charge in [-0.05, 0) is 45.7 Å². The van der Waals surface area contributed by atoms with Crippen molar-refractivity contribution in [3.63, 3.8) is 0 Å². The maximum atomic E-state index is 5.96. The van der Waals surface area contributed by atoms with E-state index in [1.54, 1.807) is 0 Å². The average Bonchev–Trinajstić information content (AvgIpc) is 2.35. The van der Waals surface area contributed by atoms with Crippen molar-refractivity contribution >= 4 is 0 Å². The number of ether oxygens (including phenoxy) is 2. The van der Waals surface area contributed by atoms with Gasteiger partial charge in [-0.2, -0.15) is 0 Å². The van der Waals surface area contributed by atoms with E-state index in [4.69, 9.17) is 9.47 Å². The summed E-state index contributed by atoms with van der Waals surface area (Å²) in [6, 6.07) is 6.30. The van der Waals surface area contributed by atoms with Crippen LogP contribution in [0.1, 0.15) is 45.7 Å². The van der Waals surface area contributed by atoms with Crippen LogP contribution < -0.4 is 10.1 Å². The van der Waals surface area contributed by atoms with Gasteiger partial charge in [0.2, 0.25) is 0 Å². The van der Waals surface area contributed by atoms with Crippen molar-refractivity contribution in [2.45, 2.75) is 53.7 Å². The number of aryl methyl sites for hydroxylation is 1. The SMILES string of the molecule is Cc1cccc(CNCC(C)C)c1OCCOC(C)(C)C. The lowest BCUT2D eigenvalue weighted by molar-refractivity contribution is -0.0164. The molecule has 3 heteroatoms. The zero-order valence-corrected chi connectivity index (χ0v) is 14.5. The third-order valence-electron chi connectivity index (χ3n) is 3.03. The van der Waals surface area contributed by atoms with E-state index in [1.807, 2.05) is 0 Å². The number of hydrogen-bond donors (Lipinski definition) is 1. The van der Waals surface area contributed by atoms with Crippen LogP contribution in [0.2, 0.25) is 0 Å². The highest BCUT2D eigenvalue weighted by molar-refractivity contribution is 5.40. The molecule has 1 N–H and O–H groups in total. The molecule has 3 nitrogen and oxygen atoms in total. The molecule has 0 amide bonds.